The molecule has 4 atom stereocenters. The number of carboxylic acid groups (broad SMARTS) is 1. The summed E-state index contributed by atoms with van der Waals surface area (Å²) in [5.41, 5.74) is 0. The van der Waals surface area contributed by atoms with Crippen molar-refractivity contribution in [3.8, 4) is 0 Å². The van der Waals surface area contributed by atoms with Gasteiger partial charge in [-0.2, -0.15) is 0 Å². The summed E-state index contributed by atoms with van der Waals surface area (Å²) in [4.78, 5) is 22.8. The number of fused-ring (bicyclic) bond motifs is 1. The first-order valence-corrected chi connectivity index (χ1v) is 6.23. The molecule has 5 nitrogen and oxygen atoms in total. The Bertz CT molecular complexity index is 316. The van der Waals surface area contributed by atoms with Crippen LogP contribution in [0.4, 0.5) is 0 Å². The molecule has 2 unspecified atom stereocenters. The average Bonchev–Trinajstić information content (AvgIpc) is 2.98. The number of carbonyl (C=O) groups is 2. The molecule has 0 radical (unpaired) electrons. The molecule has 0 saturated heterocycles. The van der Waals surface area contributed by atoms with Crippen LogP contribution in [0.25, 0.3) is 0 Å². The Morgan fingerprint density at radius 3 is 2.18 bits per heavy atom. The fourth-order valence-corrected chi connectivity index (χ4v) is 3.02. The molecule has 2 aliphatic rings. The lowest BCUT2D eigenvalue weighted by atomic mass is 10.0. The molecule has 2 aliphatic carbocycles. The second-order valence-corrected chi connectivity index (χ2v) is 5.20. The lowest BCUT2D eigenvalue weighted by molar-refractivity contribution is -0.145. The highest BCUT2D eigenvalue weighted by atomic mass is 16.4. The van der Waals surface area contributed by atoms with Crippen molar-refractivity contribution < 1.29 is 19.8 Å². The smallest absolute Gasteiger partial charge is 0.328 e. The van der Waals surface area contributed by atoms with Crippen LogP contribution in [0.2, 0.25) is 0 Å². The average molecular weight is 241 g/mol. The number of hydrogen-bond donors (Lipinski definition) is 3. The van der Waals surface area contributed by atoms with Crippen LogP contribution in [0.1, 0.15) is 32.6 Å². The van der Waals surface area contributed by atoms with Crippen LogP contribution in [0.5, 0.6) is 0 Å². The number of amides is 1. The lowest BCUT2D eigenvalue weighted by Crippen LogP contribution is -2.48. The van der Waals surface area contributed by atoms with Crippen LogP contribution in [-0.4, -0.2) is 34.2 Å². The monoisotopic (exact) mass is 241 g/mol. The molecule has 17 heavy (non-hydrogen) atoms. The molecule has 5 heteroatoms. The molecule has 0 spiro atoms. The van der Waals surface area contributed by atoms with Gasteiger partial charge in [-0.1, -0.05) is 12.8 Å². The zero-order chi connectivity index (χ0) is 12.6. The van der Waals surface area contributed by atoms with E-state index in [2.05, 4.69) is 5.32 Å². The van der Waals surface area contributed by atoms with E-state index in [1.807, 2.05) is 0 Å². The van der Waals surface area contributed by atoms with E-state index in [0.717, 1.165) is 12.8 Å². The highest BCUT2D eigenvalue weighted by Gasteiger charge is 2.55. The number of aliphatic hydroxyl groups excluding tert-OH is 1. The van der Waals surface area contributed by atoms with Gasteiger partial charge in [0.05, 0.1) is 6.10 Å². The Kier molecular flexibility index (Phi) is 3.38. The molecular formula is C12H19NO4. The highest BCUT2D eigenvalue weighted by molar-refractivity contribution is 5.87. The Morgan fingerprint density at radius 1 is 1.24 bits per heavy atom. The van der Waals surface area contributed by atoms with Crippen LogP contribution in [-0.2, 0) is 9.59 Å². The predicted octanol–water partition coefficient (Wildman–Crippen LogP) is 0.373. The summed E-state index contributed by atoms with van der Waals surface area (Å²) in [5.74, 6) is -0.496. The summed E-state index contributed by atoms with van der Waals surface area (Å²) < 4.78 is 0. The Morgan fingerprint density at radius 2 is 1.76 bits per heavy atom. The lowest BCUT2D eigenvalue weighted by Gasteiger charge is -2.17. The first-order valence-electron chi connectivity index (χ1n) is 6.23. The Labute approximate surface area is 100 Å². The Hall–Kier alpha value is -1.10. The van der Waals surface area contributed by atoms with E-state index in [-0.39, 0.29) is 11.8 Å². The van der Waals surface area contributed by atoms with Crippen molar-refractivity contribution >= 4 is 11.9 Å². The topological polar surface area (TPSA) is 86.6 Å². The molecule has 1 amide bonds. The fraction of sp³-hybridized carbons (Fsp3) is 0.833. The number of carbonyl (C=O) groups excluding carboxylic acids is 1. The minimum absolute atomic E-state index is 0.0156. The molecule has 2 fully saturated rings. The van der Waals surface area contributed by atoms with Gasteiger partial charge in [-0.05, 0) is 31.6 Å². The van der Waals surface area contributed by atoms with Gasteiger partial charge < -0.3 is 15.5 Å². The van der Waals surface area contributed by atoms with E-state index in [4.69, 9.17) is 5.11 Å². The van der Waals surface area contributed by atoms with Gasteiger partial charge in [-0.25, -0.2) is 4.79 Å². The summed E-state index contributed by atoms with van der Waals surface area (Å²) in [6.07, 6.45) is 3.43. The molecule has 0 bridgehead atoms. The van der Waals surface area contributed by atoms with E-state index >= 15 is 0 Å². The van der Waals surface area contributed by atoms with Crippen LogP contribution in [0.3, 0.4) is 0 Å². The van der Waals surface area contributed by atoms with Gasteiger partial charge in [-0.3, -0.25) is 4.79 Å². The quantitative estimate of drug-likeness (QED) is 0.664. The van der Waals surface area contributed by atoms with Gasteiger partial charge in [0.1, 0.15) is 0 Å². The third kappa shape index (κ3) is 2.44. The van der Waals surface area contributed by atoms with E-state index in [9.17, 15) is 14.7 Å². The second kappa shape index (κ2) is 4.64. The molecule has 3 N–H and O–H groups in total. The van der Waals surface area contributed by atoms with E-state index in [1.54, 1.807) is 0 Å². The minimum atomic E-state index is -1.19. The van der Waals surface area contributed by atoms with Gasteiger partial charge >= 0.3 is 5.97 Å². The van der Waals surface area contributed by atoms with Crippen molar-refractivity contribution in [3.05, 3.63) is 0 Å². The molecule has 96 valence electrons. The van der Waals surface area contributed by atoms with Crippen LogP contribution in [0.15, 0.2) is 0 Å². The van der Waals surface area contributed by atoms with Crippen molar-refractivity contribution in [2.45, 2.75) is 44.8 Å². The standard InChI is InChI=1S/C12H19NO4/c1-6(14)10(12(16)17)13-11(15)9-7-4-2-3-5-8(7)9/h6-10,14H,2-5H2,1H3,(H,13,15)(H,16,17)/t6-,7?,8?,9?,10+/m1/s1. The number of rotatable bonds is 4. The van der Waals surface area contributed by atoms with Gasteiger partial charge in [-0.15, -0.1) is 0 Å². The fourth-order valence-electron chi connectivity index (χ4n) is 3.02. The van der Waals surface area contributed by atoms with Gasteiger partial charge in [0, 0.05) is 5.92 Å². The molecule has 0 aromatic carbocycles. The van der Waals surface area contributed by atoms with Crippen LogP contribution in [0, 0.1) is 17.8 Å². The maximum atomic E-state index is 11.9. The first kappa shape index (κ1) is 12.4. The van der Waals surface area contributed by atoms with Crippen LogP contribution < -0.4 is 5.32 Å². The Balaban J connectivity index is 1.91. The van der Waals surface area contributed by atoms with Gasteiger partial charge in [0.2, 0.25) is 5.91 Å². The number of aliphatic carboxylic acids is 1. The molecular weight excluding hydrogens is 222 g/mol. The van der Waals surface area contributed by atoms with E-state index in [0.29, 0.717) is 11.8 Å². The third-order valence-electron chi connectivity index (χ3n) is 4.01. The molecule has 0 heterocycles. The van der Waals surface area contributed by atoms with E-state index < -0.39 is 18.1 Å². The minimum Gasteiger partial charge on any atom is -0.480 e. The zero-order valence-corrected chi connectivity index (χ0v) is 9.93. The summed E-state index contributed by atoms with van der Waals surface area (Å²) in [6, 6.07) is -1.19. The van der Waals surface area contributed by atoms with Gasteiger partial charge in [0.15, 0.2) is 6.04 Å². The SMILES string of the molecule is C[C@@H](O)[C@H](NC(=O)C1C2CCCCC21)C(=O)O. The predicted molar refractivity (Wildman–Crippen MR) is 60.2 cm³/mol. The summed E-state index contributed by atoms with van der Waals surface area (Å²) in [6.45, 7) is 1.37. The second-order valence-electron chi connectivity index (χ2n) is 5.20. The van der Waals surface area contributed by atoms with Crippen molar-refractivity contribution in [1.82, 2.24) is 5.32 Å². The number of nitrogens with one attached hydrogen (secondary N) is 1. The van der Waals surface area contributed by atoms with Crippen molar-refractivity contribution in [2.24, 2.45) is 17.8 Å². The summed E-state index contributed by atoms with van der Waals surface area (Å²) >= 11 is 0. The van der Waals surface area contributed by atoms with Gasteiger partial charge in [0.25, 0.3) is 0 Å². The highest BCUT2D eigenvalue weighted by Crippen LogP contribution is 2.55. The third-order valence-corrected chi connectivity index (χ3v) is 4.01. The first-order chi connectivity index (χ1) is 8.02. The summed E-state index contributed by atoms with van der Waals surface area (Å²) in [5, 5.41) is 20.6. The molecule has 2 rings (SSSR count). The van der Waals surface area contributed by atoms with Crippen molar-refractivity contribution in [3.63, 3.8) is 0 Å². The molecule has 0 aromatic heterocycles. The summed E-state index contributed by atoms with van der Waals surface area (Å²) in [7, 11) is 0. The van der Waals surface area contributed by atoms with E-state index in [1.165, 1.54) is 19.8 Å². The number of carboxylic acids is 1. The molecule has 0 aromatic rings. The largest absolute Gasteiger partial charge is 0.480 e. The number of aliphatic hydroxyl groups is 1. The number of hydrogen-bond acceptors (Lipinski definition) is 3. The molecule has 2 saturated carbocycles. The van der Waals surface area contributed by atoms with Crippen LogP contribution >= 0.6 is 0 Å². The maximum Gasteiger partial charge on any atom is 0.328 e. The molecule has 0 aliphatic heterocycles. The normalized spacial score (nSPS) is 34.4. The van der Waals surface area contributed by atoms with Crippen molar-refractivity contribution in [1.29, 1.82) is 0 Å². The zero-order valence-electron chi connectivity index (χ0n) is 9.93. The van der Waals surface area contributed by atoms with Crippen molar-refractivity contribution in [2.75, 3.05) is 0 Å². The maximum absolute atomic E-state index is 11.9.